The Labute approximate surface area is 56.0 Å². The van der Waals surface area contributed by atoms with Crippen molar-refractivity contribution in [3.8, 4) is 0 Å². The number of hydrogen-bond donors (Lipinski definition) is 1. The van der Waals surface area contributed by atoms with Crippen LogP contribution in [0.4, 0.5) is 0 Å². The van der Waals surface area contributed by atoms with E-state index in [9.17, 15) is 0 Å². The minimum atomic E-state index is -0.315. The Kier molecular flexibility index (Phi) is 4.33. The molecule has 0 spiro atoms. The van der Waals surface area contributed by atoms with Gasteiger partial charge in [-0.3, -0.25) is 0 Å². The summed E-state index contributed by atoms with van der Waals surface area (Å²) in [4.78, 5) is 1.96. The van der Waals surface area contributed by atoms with Gasteiger partial charge >= 0.3 is 6.40 Å². The molecule has 0 saturated heterocycles. The highest BCUT2D eigenvalue weighted by molar-refractivity contribution is 7.03. The van der Waals surface area contributed by atoms with Crippen LogP contribution in [0.25, 0.3) is 0 Å². The molecule has 0 atom stereocenters. The van der Waals surface area contributed by atoms with Gasteiger partial charge in [0, 0.05) is 0 Å². The van der Waals surface area contributed by atoms with Gasteiger partial charge in [-0.25, -0.2) is 0 Å². The highest BCUT2D eigenvalue weighted by Crippen LogP contribution is 1.90. The monoisotopic (exact) mass is 134 g/mol. The third-order valence-corrected chi connectivity index (χ3v) is 1.44. The number of nitrogens with zero attached hydrogens (tertiary/aromatic N) is 1. The molecule has 0 saturated carbocycles. The molecule has 0 aromatic rings. The Balaban J connectivity index is 3.35. The zero-order valence-electron chi connectivity index (χ0n) is 5.39. The summed E-state index contributed by atoms with van der Waals surface area (Å²) >= 11 is 5.55. The summed E-state index contributed by atoms with van der Waals surface area (Å²) in [6.45, 7) is 5.90. The molecule has 8 heavy (non-hydrogen) atoms. The highest BCUT2D eigenvalue weighted by Gasteiger charge is 2.10. The van der Waals surface area contributed by atoms with Crippen molar-refractivity contribution >= 4 is 17.9 Å². The van der Waals surface area contributed by atoms with Crippen LogP contribution in [0.15, 0.2) is 0 Å². The number of nitrogens with two attached hydrogens (primary N) is 1. The van der Waals surface area contributed by atoms with Gasteiger partial charge < -0.3 is 10.5 Å². The maximum Gasteiger partial charge on any atom is 0.413 e. The van der Waals surface area contributed by atoms with Gasteiger partial charge in [-0.15, -0.1) is 11.5 Å². The van der Waals surface area contributed by atoms with E-state index in [1.54, 1.807) is 0 Å². The Morgan fingerprint density at radius 1 is 1.50 bits per heavy atom. The van der Waals surface area contributed by atoms with E-state index < -0.39 is 0 Å². The summed E-state index contributed by atoms with van der Waals surface area (Å²) in [5.41, 5.74) is 5.35. The fourth-order valence-corrected chi connectivity index (χ4v) is 0.848. The second kappa shape index (κ2) is 4.18. The van der Waals surface area contributed by atoms with E-state index in [1.807, 2.05) is 18.7 Å². The summed E-state index contributed by atoms with van der Waals surface area (Å²) in [5.74, 6) is 0. The standard InChI is InChI=1S/C4H12BClN2/c1-3-8(4-2)5(6)7/h3-4,7H2,1-2H3. The predicted molar refractivity (Wildman–Crippen MR) is 38.7 cm³/mol. The maximum absolute atomic E-state index is 5.55. The van der Waals surface area contributed by atoms with Crippen molar-refractivity contribution in [2.75, 3.05) is 13.1 Å². The molecule has 0 aliphatic carbocycles. The normalized spacial score (nSPS) is 10.1. The van der Waals surface area contributed by atoms with Crippen LogP contribution in [0.1, 0.15) is 13.8 Å². The third-order valence-electron chi connectivity index (χ3n) is 1.16. The lowest BCUT2D eigenvalue weighted by Gasteiger charge is -2.16. The molecule has 0 amide bonds. The molecule has 2 nitrogen and oxygen atoms in total. The van der Waals surface area contributed by atoms with Crippen LogP contribution in [0.3, 0.4) is 0 Å². The zero-order chi connectivity index (χ0) is 6.57. The van der Waals surface area contributed by atoms with Crippen LogP contribution in [-0.4, -0.2) is 24.3 Å². The van der Waals surface area contributed by atoms with Crippen LogP contribution in [0.5, 0.6) is 0 Å². The molecule has 2 N–H and O–H groups in total. The predicted octanol–water partition coefficient (Wildman–Crippen LogP) is 0.511. The van der Waals surface area contributed by atoms with Crippen LogP contribution in [0, 0.1) is 0 Å². The minimum absolute atomic E-state index is 0.315. The average Bonchev–Trinajstić information content (AvgIpc) is 1.69. The smallest absolute Gasteiger partial charge is 0.342 e. The van der Waals surface area contributed by atoms with Gasteiger partial charge in [-0.1, -0.05) is 13.8 Å². The van der Waals surface area contributed by atoms with Crippen molar-refractivity contribution in [2.24, 2.45) is 5.64 Å². The lowest BCUT2D eigenvalue weighted by atomic mass is 10.1. The van der Waals surface area contributed by atoms with Gasteiger partial charge in [0.15, 0.2) is 0 Å². The molecule has 0 aromatic heterocycles. The SMILES string of the molecule is CCN(CC)B(N)Cl. The maximum atomic E-state index is 5.55. The molecule has 0 fully saturated rings. The van der Waals surface area contributed by atoms with E-state index in [0.717, 1.165) is 13.1 Å². The summed E-state index contributed by atoms with van der Waals surface area (Å²) in [7, 11) is 0. The first kappa shape index (κ1) is 8.27. The zero-order valence-corrected chi connectivity index (χ0v) is 6.15. The first-order valence-corrected chi connectivity index (χ1v) is 3.29. The summed E-state index contributed by atoms with van der Waals surface area (Å²) < 4.78 is 0. The average molecular weight is 134 g/mol. The van der Waals surface area contributed by atoms with Crippen LogP contribution in [0.2, 0.25) is 0 Å². The molecular weight excluding hydrogens is 122 g/mol. The van der Waals surface area contributed by atoms with E-state index in [0.29, 0.717) is 0 Å². The molecule has 0 heterocycles. The summed E-state index contributed by atoms with van der Waals surface area (Å²) in [5, 5.41) is 0. The molecule has 0 rings (SSSR count). The second-order valence-electron chi connectivity index (χ2n) is 1.59. The lowest BCUT2D eigenvalue weighted by molar-refractivity contribution is 0.488. The van der Waals surface area contributed by atoms with Crippen molar-refractivity contribution in [1.82, 2.24) is 4.81 Å². The van der Waals surface area contributed by atoms with Gasteiger partial charge in [0.05, 0.1) is 0 Å². The van der Waals surface area contributed by atoms with Crippen LogP contribution < -0.4 is 5.64 Å². The Morgan fingerprint density at radius 3 is 1.88 bits per heavy atom. The summed E-state index contributed by atoms with van der Waals surface area (Å²) in [6.07, 6.45) is -0.315. The van der Waals surface area contributed by atoms with Crippen molar-refractivity contribution in [1.29, 1.82) is 0 Å². The van der Waals surface area contributed by atoms with E-state index in [2.05, 4.69) is 0 Å². The topological polar surface area (TPSA) is 29.3 Å². The fraction of sp³-hybridized carbons (Fsp3) is 1.00. The number of halogens is 1. The molecule has 0 aromatic carbocycles. The van der Waals surface area contributed by atoms with Crippen molar-refractivity contribution < 1.29 is 0 Å². The number of hydrogen-bond acceptors (Lipinski definition) is 2. The van der Waals surface area contributed by atoms with Crippen molar-refractivity contribution in [3.05, 3.63) is 0 Å². The Bertz CT molecular complexity index is 56.0. The molecule has 0 aliphatic heterocycles. The van der Waals surface area contributed by atoms with Crippen molar-refractivity contribution in [3.63, 3.8) is 0 Å². The molecule has 4 heteroatoms. The van der Waals surface area contributed by atoms with Crippen molar-refractivity contribution in [2.45, 2.75) is 13.8 Å². The molecule has 0 aliphatic rings. The summed E-state index contributed by atoms with van der Waals surface area (Å²) in [6, 6.07) is 0. The molecule has 0 bridgehead atoms. The molecule has 0 unspecified atom stereocenters. The Morgan fingerprint density at radius 2 is 1.88 bits per heavy atom. The highest BCUT2D eigenvalue weighted by atomic mass is 35.5. The lowest BCUT2D eigenvalue weighted by Crippen LogP contribution is -2.42. The van der Waals surface area contributed by atoms with Gasteiger partial charge in [-0.2, -0.15) is 0 Å². The third kappa shape index (κ3) is 2.55. The molecular formula is C4H12BClN2. The van der Waals surface area contributed by atoms with Gasteiger partial charge in [0.25, 0.3) is 0 Å². The van der Waals surface area contributed by atoms with E-state index in [4.69, 9.17) is 17.1 Å². The Hall–Kier alpha value is 0.275. The van der Waals surface area contributed by atoms with Gasteiger partial charge in [-0.05, 0) is 13.1 Å². The van der Waals surface area contributed by atoms with E-state index >= 15 is 0 Å². The minimum Gasteiger partial charge on any atom is -0.342 e. The van der Waals surface area contributed by atoms with E-state index in [1.165, 1.54) is 0 Å². The van der Waals surface area contributed by atoms with E-state index in [-0.39, 0.29) is 6.40 Å². The fourth-order valence-electron chi connectivity index (χ4n) is 0.572. The largest absolute Gasteiger partial charge is 0.413 e. The van der Waals surface area contributed by atoms with Gasteiger partial charge in [0.2, 0.25) is 0 Å². The van der Waals surface area contributed by atoms with Crippen LogP contribution >= 0.6 is 11.5 Å². The second-order valence-corrected chi connectivity index (χ2v) is 2.04. The number of rotatable bonds is 3. The van der Waals surface area contributed by atoms with Crippen LogP contribution in [-0.2, 0) is 0 Å². The molecule has 0 radical (unpaired) electrons. The quantitative estimate of drug-likeness (QED) is 0.570. The first-order valence-electron chi connectivity index (χ1n) is 2.86. The first-order chi connectivity index (χ1) is 3.72. The molecule has 48 valence electrons. The van der Waals surface area contributed by atoms with Gasteiger partial charge in [0.1, 0.15) is 0 Å².